The molecule has 0 radical (unpaired) electrons. The summed E-state index contributed by atoms with van der Waals surface area (Å²) in [5, 5.41) is 14.8. The van der Waals surface area contributed by atoms with Crippen molar-refractivity contribution in [2.75, 3.05) is 5.32 Å². The average Bonchev–Trinajstić information content (AvgIpc) is 2.24. The molecular weight excluding hydrogens is 202 g/mol. The van der Waals surface area contributed by atoms with E-state index in [0.29, 0.717) is 6.42 Å². The van der Waals surface area contributed by atoms with Crippen molar-refractivity contribution in [1.82, 2.24) is 0 Å². The Morgan fingerprint density at radius 2 is 2.19 bits per heavy atom. The summed E-state index contributed by atoms with van der Waals surface area (Å²) in [6.45, 7) is 6.16. The molecule has 0 aliphatic rings. The number of nitrogens with zero attached hydrogens (tertiary/aromatic N) is 1. The largest absolute Gasteiger partial charge is 0.409 e. The predicted molar refractivity (Wildman–Crippen MR) is 67.0 cm³/mol. The van der Waals surface area contributed by atoms with Gasteiger partial charge in [0.05, 0.1) is 0 Å². The zero-order valence-corrected chi connectivity index (χ0v) is 9.99. The molecular formula is C12H19N3O. The van der Waals surface area contributed by atoms with Crippen LogP contribution in [0.15, 0.2) is 23.4 Å². The molecule has 0 aromatic heterocycles. The molecule has 4 heteroatoms. The summed E-state index contributed by atoms with van der Waals surface area (Å²) in [5.41, 5.74) is 9.03. The number of benzene rings is 1. The minimum Gasteiger partial charge on any atom is -0.409 e. The molecule has 0 aliphatic carbocycles. The minimum absolute atomic E-state index is 0.136. The summed E-state index contributed by atoms with van der Waals surface area (Å²) >= 11 is 0. The smallest absolute Gasteiger partial charge is 0.141 e. The van der Waals surface area contributed by atoms with E-state index in [0.717, 1.165) is 5.69 Å². The summed E-state index contributed by atoms with van der Waals surface area (Å²) in [7, 11) is 0. The molecule has 4 N–H and O–H groups in total. The fraction of sp³-hybridized carbons (Fsp3) is 0.417. The molecule has 1 aromatic rings. The summed E-state index contributed by atoms with van der Waals surface area (Å²) in [6.07, 6.45) is 0.518. The molecule has 1 atom stereocenters. The molecule has 0 amide bonds. The van der Waals surface area contributed by atoms with Crippen LogP contribution >= 0.6 is 0 Å². The number of oxime groups is 1. The first-order valence-electron chi connectivity index (χ1n) is 5.33. The highest BCUT2D eigenvalue weighted by Crippen LogP contribution is 2.19. The van der Waals surface area contributed by atoms with Gasteiger partial charge in [0.1, 0.15) is 5.84 Å². The van der Waals surface area contributed by atoms with Gasteiger partial charge in [-0.1, -0.05) is 17.3 Å². The molecule has 0 saturated heterocycles. The van der Waals surface area contributed by atoms with Crippen LogP contribution in [-0.2, 0) is 0 Å². The summed E-state index contributed by atoms with van der Waals surface area (Å²) in [5.74, 6) is 0.241. The SMILES string of the molecule is Cc1cccc(NC(C)CC(N)=NO)c1C. The van der Waals surface area contributed by atoms with E-state index >= 15 is 0 Å². The third-order valence-electron chi connectivity index (χ3n) is 2.65. The van der Waals surface area contributed by atoms with Gasteiger partial charge >= 0.3 is 0 Å². The lowest BCUT2D eigenvalue weighted by Crippen LogP contribution is -2.24. The second-order valence-corrected chi connectivity index (χ2v) is 4.09. The minimum atomic E-state index is 0.136. The Morgan fingerprint density at radius 3 is 2.81 bits per heavy atom. The van der Waals surface area contributed by atoms with E-state index in [2.05, 4.69) is 30.4 Å². The van der Waals surface area contributed by atoms with Crippen LogP contribution in [0.2, 0.25) is 0 Å². The second kappa shape index (κ2) is 5.39. The highest BCUT2D eigenvalue weighted by Gasteiger charge is 2.07. The Balaban J connectivity index is 2.70. The fourth-order valence-corrected chi connectivity index (χ4v) is 1.58. The van der Waals surface area contributed by atoms with Gasteiger partial charge in [-0.25, -0.2) is 0 Å². The van der Waals surface area contributed by atoms with E-state index < -0.39 is 0 Å². The van der Waals surface area contributed by atoms with Crippen molar-refractivity contribution < 1.29 is 5.21 Å². The topological polar surface area (TPSA) is 70.6 Å². The molecule has 0 spiro atoms. The highest BCUT2D eigenvalue weighted by atomic mass is 16.4. The third kappa shape index (κ3) is 3.15. The van der Waals surface area contributed by atoms with Gasteiger partial charge in [-0.15, -0.1) is 0 Å². The Morgan fingerprint density at radius 1 is 1.50 bits per heavy atom. The Kier molecular flexibility index (Phi) is 4.17. The number of amidine groups is 1. The van der Waals surface area contributed by atoms with Gasteiger partial charge in [0, 0.05) is 18.2 Å². The van der Waals surface area contributed by atoms with Crippen LogP contribution in [-0.4, -0.2) is 17.1 Å². The van der Waals surface area contributed by atoms with Crippen LogP contribution in [0.5, 0.6) is 0 Å². The van der Waals surface area contributed by atoms with Crippen LogP contribution in [0.25, 0.3) is 0 Å². The third-order valence-corrected chi connectivity index (χ3v) is 2.65. The van der Waals surface area contributed by atoms with Gasteiger partial charge in [-0.3, -0.25) is 0 Å². The van der Waals surface area contributed by atoms with Gasteiger partial charge < -0.3 is 16.3 Å². The summed E-state index contributed by atoms with van der Waals surface area (Å²) < 4.78 is 0. The van der Waals surface area contributed by atoms with E-state index in [1.165, 1.54) is 11.1 Å². The van der Waals surface area contributed by atoms with Crippen LogP contribution in [0.4, 0.5) is 5.69 Å². The molecule has 4 nitrogen and oxygen atoms in total. The van der Waals surface area contributed by atoms with Crippen molar-refractivity contribution in [3.05, 3.63) is 29.3 Å². The maximum absolute atomic E-state index is 8.48. The normalized spacial score (nSPS) is 13.6. The van der Waals surface area contributed by atoms with Gasteiger partial charge in [-0.2, -0.15) is 0 Å². The van der Waals surface area contributed by atoms with Crippen molar-refractivity contribution in [3.8, 4) is 0 Å². The zero-order valence-electron chi connectivity index (χ0n) is 9.99. The van der Waals surface area contributed by atoms with E-state index in [1.807, 2.05) is 19.1 Å². The maximum atomic E-state index is 8.48. The fourth-order valence-electron chi connectivity index (χ4n) is 1.58. The van der Waals surface area contributed by atoms with Crippen molar-refractivity contribution in [2.24, 2.45) is 10.9 Å². The number of hydrogen-bond donors (Lipinski definition) is 3. The summed E-state index contributed by atoms with van der Waals surface area (Å²) in [4.78, 5) is 0. The van der Waals surface area contributed by atoms with Crippen LogP contribution in [0, 0.1) is 13.8 Å². The monoisotopic (exact) mass is 221 g/mol. The molecule has 0 fully saturated rings. The first-order valence-corrected chi connectivity index (χ1v) is 5.33. The molecule has 0 aliphatic heterocycles. The number of nitrogens with one attached hydrogen (secondary N) is 1. The average molecular weight is 221 g/mol. The number of anilines is 1. The van der Waals surface area contributed by atoms with Gasteiger partial charge in [0.25, 0.3) is 0 Å². The highest BCUT2D eigenvalue weighted by molar-refractivity contribution is 5.80. The Bertz CT molecular complexity index is 388. The van der Waals surface area contributed by atoms with Crippen molar-refractivity contribution in [2.45, 2.75) is 33.2 Å². The van der Waals surface area contributed by atoms with E-state index in [1.54, 1.807) is 0 Å². The number of aryl methyl sites for hydroxylation is 1. The summed E-state index contributed by atoms with van der Waals surface area (Å²) in [6, 6.07) is 6.26. The lowest BCUT2D eigenvalue weighted by molar-refractivity contribution is 0.316. The standard InChI is InChI=1S/C12H19N3O/c1-8-5-4-6-11(10(8)3)14-9(2)7-12(13)15-16/h4-6,9,14,16H,7H2,1-3H3,(H2,13,15). The first-order chi connectivity index (χ1) is 7.54. The van der Waals surface area contributed by atoms with Gasteiger partial charge in [-0.05, 0) is 38.0 Å². The Labute approximate surface area is 96.2 Å². The van der Waals surface area contributed by atoms with E-state index in [9.17, 15) is 0 Å². The van der Waals surface area contributed by atoms with Gasteiger partial charge in [0.2, 0.25) is 0 Å². The lowest BCUT2D eigenvalue weighted by atomic mass is 10.1. The quantitative estimate of drug-likeness (QED) is 0.316. The van der Waals surface area contributed by atoms with E-state index in [4.69, 9.17) is 10.9 Å². The molecule has 0 heterocycles. The molecule has 0 bridgehead atoms. The lowest BCUT2D eigenvalue weighted by Gasteiger charge is -2.17. The van der Waals surface area contributed by atoms with Crippen LogP contribution in [0.1, 0.15) is 24.5 Å². The predicted octanol–water partition coefficient (Wildman–Crippen LogP) is 2.24. The first kappa shape index (κ1) is 12.4. The van der Waals surface area contributed by atoms with Crippen LogP contribution < -0.4 is 11.1 Å². The molecule has 88 valence electrons. The zero-order chi connectivity index (χ0) is 12.1. The Hall–Kier alpha value is -1.71. The molecule has 1 aromatic carbocycles. The van der Waals surface area contributed by atoms with Crippen molar-refractivity contribution in [1.29, 1.82) is 0 Å². The van der Waals surface area contributed by atoms with Gasteiger partial charge in [0.15, 0.2) is 0 Å². The molecule has 0 saturated carbocycles. The second-order valence-electron chi connectivity index (χ2n) is 4.09. The number of hydrogen-bond acceptors (Lipinski definition) is 3. The molecule has 1 rings (SSSR count). The number of nitrogens with two attached hydrogens (primary N) is 1. The van der Waals surface area contributed by atoms with E-state index in [-0.39, 0.29) is 11.9 Å². The molecule has 1 unspecified atom stereocenters. The van der Waals surface area contributed by atoms with Crippen LogP contribution in [0.3, 0.4) is 0 Å². The van der Waals surface area contributed by atoms with Crippen molar-refractivity contribution in [3.63, 3.8) is 0 Å². The number of rotatable bonds is 4. The van der Waals surface area contributed by atoms with Crippen molar-refractivity contribution >= 4 is 11.5 Å². The maximum Gasteiger partial charge on any atom is 0.141 e. The molecule has 16 heavy (non-hydrogen) atoms.